The Kier molecular flexibility index (Phi) is 10.6. The van der Waals surface area contributed by atoms with Gasteiger partial charge in [-0.2, -0.15) is 0 Å². The minimum Gasteiger partial charge on any atom is -0.464 e. The first kappa shape index (κ1) is 27.1. The van der Waals surface area contributed by atoms with Crippen molar-refractivity contribution in [1.29, 1.82) is 0 Å². The summed E-state index contributed by atoms with van der Waals surface area (Å²) in [6.45, 7) is 17.8. The Hall–Kier alpha value is -1.85. The zero-order chi connectivity index (χ0) is 22.9. The molecular formula is C21H37NO6Si. The van der Waals surface area contributed by atoms with Gasteiger partial charge in [0, 0.05) is 6.42 Å². The molecule has 0 heterocycles. The first-order valence-corrected chi connectivity index (χ1v) is 12.8. The van der Waals surface area contributed by atoms with E-state index in [9.17, 15) is 14.4 Å². The van der Waals surface area contributed by atoms with Gasteiger partial charge in [0.25, 0.3) is 0 Å². The van der Waals surface area contributed by atoms with Crippen LogP contribution < -0.4 is 5.32 Å². The molecule has 0 saturated carbocycles. The van der Waals surface area contributed by atoms with Crippen LogP contribution in [-0.4, -0.2) is 51.0 Å². The van der Waals surface area contributed by atoms with E-state index in [2.05, 4.69) is 51.0 Å². The third kappa shape index (κ3) is 11.7. The first-order chi connectivity index (χ1) is 13.1. The molecular weight excluding hydrogens is 390 g/mol. The Bertz CT molecular complexity index is 634. The van der Waals surface area contributed by atoms with E-state index in [1.54, 1.807) is 27.7 Å². The van der Waals surface area contributed by atoms with Gasteiger partial charge in [0.1, 0.15) is 11.6 Å². The topological polar surface area (TPSA) is 90.9 Å². The van der Waals surface area contributed by atoms with Gasteiger partial charge < -0.3 is 19.2 Å². The standard InChI is InChI=1S/C21H37NO6Si/c1-10-26-18(24)17(22-19(25)28-20(2,3)4)14-13-16(23)12-11-15-27-29(8,9)21(5,6)7/h17H,10,13-15H2,1-9H3,(H,22,25)/t17-/m0/s1. The molecule has 0 aromatic rings. The molecule has 0 aliphatic carbocycles. The minimum atomic E-state index is -1.91. The van der Waals surface area contributed by atoms with Crippen molar-refractivity contribution in [1.82, 2.24) is 5.32 Å². The first-order valence-electron chi connectivity index (χ1n) is 9.91. The fourth-order valence-electron chi connectivity index (χ4n) is 1.85. The predicted octanol–water partition coefficient (Wildman–Crippen LogP) is 3.82. The van der Waals surface area contributed by atoms with E-state index in [0.29, 0.717) is 0 Å². The van der Waals surface area contributed by atoms with Gasteiger partial charge in [-0.15, -0.1) is 0 Å². The van der Waals surface area contributed by atoms with Gasteiger partial charge in [-0.1, -0.05) is 26.7 Å². The lowest BCUT2D eigenvalue weighted by molar-refractivity contribution is -0.145. The van der Waals surface area contributed by atoms with Crippen LogP contribution in [0.1, 0.15) is 61.3 Å². The summed E-state index contributed by atoms with van der Waals surface area (Å²) >= 11 is 0. The van der Waals surface area contributed by atoms with Crippen LogP contribution in [0.3, 0.4) is 0 Å². The van der Waals surface area contributed by atoms with Crippen LogP contribution >= 0.6 is 0 Å². The van der Waals surface area contributed by atoms with Crippen LogP contribution in [0.4, 0.5) is 4.79 Å². The summed E-state index contributed by atoms with van der Waals surface area (Å²) in [4.78, 5) is 36.1. The summed E-state index contributed by atoms with van der Waals surface area (Å²) in [6, 6.07) is -0.973. The van der Waals surface area contributed by atoms with Gasteiger partial charge in [0.05, 0.1) is 13.2 Å². The quantitative estimate of drug-likeness (QED) is 0.274. The predicted molar refractivity (Wildman–Crippen MR) is 115 cm³/mol. The summed E-state index contributed by atoms with van der Waals surface area (Å²) in [7, 11) is -1.91. The molecule has 29 heavy (non-hydrogen) atoms. The average Bonchev–Trinajstić information content (AvgIpc) is 2.52. The number of alkyl carbamates (subject to hydrolysis) is 1. The number of ether oxygens (including phenoxy) is 2. The molecule has 0 unspecified atom stereocenters. The van der Waals surface area contributed by atoms with E-state index in [1.807, 2.05) is 0 Å². The number of ketones is 1. The molecule has 0 rings (SSSR count). The van der Waals surface area contributed by atoms with Crippen LogP contribution in [0, 0.1) is 11.8 Å². The van der Waals surface area contributed by atoms with Crippen molar-refractivity contribution in [3.63, 3.8) is 0 Å². The van der Waals surface area contributed by atoms with E-state index < -0.39 is 32.0 Å². The summed E-state index contributed by atoms with van der Waals surface area (Å²) in [6.07, 6.45) is -0.655. The second kappa shape index (κ2) is 11.4. The van der Waals surface area contributed by atoms with Crippen LogP contribution in [0.25, 0.3) is 0 Å². The molecule has 1 amide bonds. The van der Waals surface area contributed by atoms with Gasteiger partial charge in [0.15, 0.2) is 8.32 Å². The molecule has 0 bridgehead atoms. The smallest absolute Gasteiger partial charge is 0.408 e. The molecule has 0 saturated heterocycles. The van der Waals surface area contributed by atoms with Crippen LogP contribution in [0.5, 0.6) is 0 Å². The monoisotopic (exact) mass is 427 g/mol. The lowest BCUT2D eigenvalue weighted by Crippen LogP contribution is -2.44. The molecule has 0 aliphatic heterocycles. The number of Topliss-reactive ketones (excluding diaryl/α,β-unsaturated/α-hetero) is 1. The molecule has 1 atom stereocenters. The maximum Gasteiger partial charge on any atom is 0.408 e. The van der Waals surface area contributed by atoms with Gasteiger partial charge in [-0.05, 0) is 58.2 Å². The Morgan fingerprint density at radius 2 is 1.66 bits per heavy atom. The number of esters is 1. The summed E-state index contributed by atoms with van der Waals surface area (Å²) in [5, 5.41) is 2.53. The highest BCUT2D eigenvalue weighted by Crippen LogP contribution is 2.36. The SMILES string of the molecule is CCOC(=O)[C@H](CCC(=O)C#CCO[Si](C)(C)C(C)(C)C)NC(=O)OC(C)(C)C. The summed E-state index contributed by atoms with van der Waals surface area (Å²) in [5.74, 6) is 4.34. The molecule has 0 aliphatic rings. The fraction of sp³-hybridized carbons (Fsp3) is 0.762. The zero-order valence-corrected chi connectivity index (χ0v) is 20.4. The molecule has 0 aromatic heterocycles. The van der Waals surface area contributed by atoms with Crippen molar-refractivity contribution < 1.29 is 28.3 Å². The summed E-state index contributed by atoms with van der Waals surface area (Å²) in [5.41, 5.74) is -0.700. The van der Waals surface area contributed by atoms with E-state index >= 15 is 0 Å². The van der Waals surface area contributed by atoms with Crippen LogP contribution in [-0.2, 0) is 23.5 Å². The molecule has 0 aromatic carbocycles. The normalized spacial score (nSPS) is 13.0. The van der Waals surface area contributed by atoms with E-state index in [1.165, 1.54) is 0 Å². The zero-order valence-electron chi connectivity index (χ0n) is 19.4. The molecule has 8 heteroatoms. The Morgan fingerprint density at radius 1 is 1.07 bits per heavy atom. The third-order valence-corrected chi connectivity index (χ3v) is 8.94. The van der Waals surface area contributed by atoms with Gasteiger partial charge >= 0.3 is 12.1 Å². The van der Waals surface area contributed by atoms with Crippen molar-refractivity contribution >= 4 is 26.2 Å². The lowest BCUT2D eigenvalue weighted by Gasteiger charge is -2.35. The molecule has 7 nitrogen and oxygen atoms in total. The Labute approximate surface area is 176 Å². The molecule has 0 spiro atoms. The van der Waals surface area contributed by atoms with Crippen molar-refractivity contribution in [2.75, 3.05) is 13.2 Å². The van der Waals surface area contributed by atoms with Crippen molar-refractivity contribution in [2.45, 2.75) is 91.1 Å². The average molecular weight is 428 g/mol. The number of amides is 1. The fourth-order valence-corrected chi connectivity index (χ4v) is 2.71. The van der Waals surface area contributed by atoms with Crippen LogP contribution in [0.15, 0.2) is 0 Å². The van der Waals surface area contributed by atoms with E-state index in [0.717, 1.165) is 0 Å². The molecule has 1 N–H and O–H groups in total. The molecule has 166 valence electrons. The third-order valence-electron chi connectivity index (χ3n) is 4.46. The summed E-state index contributed by atoms with van der Waals surface area (Å²) < 4.78 is 16.0. The number of rotatable bonds is 8. The van der Waals surface area contributed by atoms with Gasteiger partial charge in [-0.3, -0.25) is 4.79 Å². The number of carbonyl (C=O) groups excluding carboxylic acids is 3. The van der Waals surface area contributed by atoms with Gasteiger partial charge in [0.2, 0.25) is 5.78 Å². The van der Waals surface area contributed by atoms with Crippen molar-refractivity contribution in [2.24, 2.45) is 0 Å². The Morgan fingerprint density at radius 3 is 2.14 bits per heavy atom. The highest BCUT2D eigenvalue weighted by molar-refractivity contribution is 6.74. The molecule has 0 fully saturated rings. The van der Waals surface area contributed by atoms with Gasteiger partial charge in [-0.25, -0.2) is 9.59 Å². The van der Waals surface area contributed by atoms with Crippen molar-refractivity contribution in [3.8, 4) is 11.8 Å². The highest BCUT2D eigenvalue weighted by atomic mass is 28.4. The highest BCUT2D eigenvalue weighted by Gasteiger charge is 2.36. The number of hydrogen-bond donors (Lipinski definition) is 1. The lowest BCUT2D eigenvalue weighted by atomic mass is 10.1. The number of carbonyl (C=O) groups is 3. The number of nitrogens with one attached hydrogen (secondary N) is 1. The van der Waals surface area contributed by atoms with Crippen molar-refractivity contribution in [3.05, 3.63) is 0 Å². The largest absolute Gasteiger partial charge is 0.464 e. The van der Waals surface area contributed by atoms with E-state index in [-0.39, 0.29) is 36.9 Å². The second-order valence-electron chi connectivity index (χ2n) is 9.26. The maximum absolute atomic E-state index is 12.1. The molecule has 0 radical (unpaired) electrons. The van der Waals surface area contributed by atoms with E-state index in [4.69, 9.17) is 13.9 Å². The van der Waals surface area contributed by atoms with Crippen LogP contribution in [0.2, 0.25) is 18.1 Å². The maximum atomic E-state index is 12.1. The Balaban J connectivity index is 4.75. The number of hydrogen-bond acceptors (Lipinski definition) is 6. The second-order valence-corrected chi connectivity index (χ2v) is 14.1. The minimum absolute atomic E-state index is 0.00632.